The van der Waals surface area contributed by atoms with Crippen LogP contribution in [0.2, 0.25) is 0 Å². The van der Waals surface area contributed by atoms with Crippen molar-refractivity contribution in [2.45, 2.75) is 44.5 Å². The van der Waals surface area contributed by atoms with Gasteiger partial charge in [-0.2, -0.15) is 8.42 Å². The second-order valence-corrected chi connectivity index (χ2v) is 12.2. The molecule has 4 atom stereocenters. The molecule has 3 heterocycles. The summed E-state index contributed by atoms with van der Waals surface area (Å²) in [5.74, 6) is -3.04. The van der Waals surface area contributed by atoms with Gasteiger partial charge in [0.25, 0.3) is 17.9 Å². The van der Waals surface area contributed by atoms with Crippen LogP contribution in [0.5, 0.6) is 5.75 Å². The number of benzene rings is 1. The predicted molar refractivity (Wildman–Crippen MR) is 153 cm³/mol. The third kappa shape index (κ3) is 7.37. The molecule has 2 unspecified atom stereocenters. The van der Waals surface area contributed by atoms with E-state index in [0.717, 1.165) is 30.8 Å². The van der Waals surface area contributed by atoms with Gasteiger partial charge in [0.15, 0.2) is 10.8 Å². The number of amides is 2. The molecule has 2 amide bonds. The first-order valence-corrected chi connectivity index (χ1v) is 15.1. The molecule has 17 nitrogen and oxygen atoms in total. The van der Waals surface area contributed by atoms with Crippen LogP contribution >= 0.6 is 11.3 Å². The van der Waals surface area contributed by atoms with Gasteiger partial charge < -0.3 is 36.4 Å². The van der Waals surface area contributed by atoms with Crippen molar-refractivity contribution in [1.29, 1.82) is 5.41 Å². The maximum absolute atomic E-state index is 13.1. The Labute approximate surface area is 249 Å². The van der Waals surface area contributed by atoms with E-state index >= 15 is 0 Å². The number of thiazole rings is 1. The molecule has 0 spiro atoms. The Kier molecular flexibility index (Phi) is 9.48. The quantitative estimate of drug-likeness (QED) is 0.0488. The van der Waals surface area contributed by atoms with Gasteiger partial charge in [0.05, 0.1) is 6.04 Å². The largest absolute Gasteiger partial charge is 0.489 e. The molecule has 8 N–H and O–H groups in total. The van der Waals surface area contributed by atoms with E-state index < -0.39 is 58.6 Å². The Morgan fingerprint density at radius 2 is 2.02 bits per heavy atom. The molecule has 19 heteroatoms. The van der Waals surface area contributed by atoms with Crippen molar-refractivity contribution in [3.05, 3.63) is 40.4 Å². The summed E-state index contributed by atoms with van der Waals surface area (Å²) in [5, 5.41) is 30.3. The Morgan fingerprint density at radius 3 is 2.56 bits per heavy atom. The van der Waals surface area contributed by atoms with E-state index in [2.05, 4.69) is 26.1 Å². The lowest BCUT2D eigenvalue weighted by atomic mass is 10.0. The number of nitrogens with one attached hydrogen (secondary N) is 4. The minimum Gasteiger partial charge on any atom is -0.489 e. The molecule has 2 aromatic rings. The summed E-state index contributed by atoms with van der Waals surface area (Å²) in [4.78, 5) is 46.9. The van der Waals surface area contributed by atoms with Crippen molar-refractivity contribution in [2.24, 2.45) is 5.16 Å². The number of aryl methyl sites for hydroxylation is 1. The number of carbonyl (C=O) groups excluding carboxylic acids is 2. The van der Waals surface area contributed by atoms with Crippen LogP contribution in [0.1, 0.15) is 29.5 Å². The van der Waals surface area contributed by atoms with Crippen LogP contribution in [0.15, 0.2) is 29.4 Å². The summed E-state index contributed by atoms with van der Waals surface area (Å²) in [7, 11) is -4.83. The molecule has 1 aromatic heterocycles. The lowest BCUT2D eigenvalue weighted by molar-refractivity contribution is -0.152. The first-order valence-electron chi connectivity index (χ1n) is 12.9. The third-order valence-corrected chi connectivity index (χ3v) is 8.43. The average molecular weight is 639 g/mol. The van der Waals surface area contributed by atoms with Crippen molar-refractivity contribution in [2.75, 3.05) is 25.4 Å². The fourth-order valence-corrected chi connectivity index (χ4v) is 5.93. The zero-order valence-electron chi connectivity index (χ0n) is 22.9. The second kappa shape index (κ2) is 12.9. The Hall–Kier alpha value is -4.33. The van der Waals surface area contributed by atoms with E-state index in [4.69, 9.17) is 20.7 Å². The molecule has 1 aromatic carbocycles. The SMILES string of the molecule is Cc1sc(N)nc1C(=NOC(COc1ccc(C(=N)NC2CCNC2)cc1)C(=O)O)C(=O)N[C@@H]1C(=O)N(S(=O)(=O)O)[C@H]1C. The van der Waals surface area contributed by atoms with Crippen molar-refractivity contribution >= 4 is 56.1 Å². The minimum absolute atomic E-state index is 0.0452. The predicted octanol–water partition coefficient (Wildman–Crippen LogP) is -0.918. The summed E-state index contributed by atoms with van der Waals surface area (Å²) >= 11 is 1.02. The van der Waals surface area contributed by atoms with Crippen molar-refractivity contribution < 1.29 is 42.0 Å². The summed E-state index contributed by atoms with van der Waals surface area (Å²) in [5.41, 5.74) is 5.79. The highest BCUT2D eigenvalue weighted by atomic mass is 32.2. The molecule has 0 saturated carbocycles. The van der Waals surface area contributed by atoms with Gasteiger partial charge in [0.2, 0.25) is 0 Å². The first kappa shape index (κ1) is 31.6. The van der Waals surface area contributed by atoms with Gasteiger partial charge in [0, 0.05) is 23.0 Å². The average Bonchev–Trinajstić information content (AvgIpc) is 3.57. The van der Waals surface area contributed by atoms with Gasteiger partial charge in [-0.1, -0.05) is 5.16 Å². The number of carbonyl (C=O) groups is 3. The number of hydrogen-bond acceptors (Lipinski definition) is 13. The van der Waals surface area contributed by atoms with E-state index in [0.29, 0.717) is 16.2 Å². The highest BCUT2D eigenvalue weighted by Gasteiger charge is 2.51. The molecular formula is C24H30N8O9S2. The highest BCUT2D eigenvalue weighted by molar-refractivity contribution is 7.84. The van der Waals surface area contributed by atoms with Crippen LogP contribution in [0, 0.1) is 12.3 Å². The zero-order valence-corrected chi connectivity index (χ0v) is 24.6. The van der Waals surface area contributed by atoms with E-state index in [1.165, 1.54) is 6.92 Å². The van der Waals surface area contributed by atoms with Gasteiger partial charge in [-0.05, 0) is 51.1 Å². The number of ether oxygens (including phenoxy) is 1. The third-order valence-electron chi connectivity index (χ3n) is 6.62. The molecule has 4 rings (SSSR count). The standard InChI is InChI=1S/C24H30N8O9S2/c1-11-17(22(34)32(11)43(37,38)39)29-21(33)19(18-12(2)42-24(26)30-18)31-41-16(23(35)36)10-40-15-5-3-13(4-6-15)20(25)28-14-7-8-27-9-14/h3-6,11,14,16-17,27H,7-10H2,1-2H3,(H2,25,28)(H2,26,30)(H,29,33)(H,35,36)(H,37,38,39)/t11-,14?,16?,17-/m0/s1. The number of carboxylic acid groups (broad SMARTS) is 1. The molecule has 232 valence electrons. The van der Waals surface area contributed by atoms with Crippen molar-refractivity contribution in [1.82, 2.24) is 25.2 Å². The summed E-state index contributed by atoms with van der Waals surface area (Å²) in [6, 6.07) is 4.14. The van der Waals surface area contributed by atoms with Gasteiger partial charge in [-0.3, -0.25) is 19.6 Å². The number of aliphatic carboxylic acids is 1. The number of oxime groups is 1. The maximum atomic E-state index is 13.1. The Balaban J connectivity index is 1.44. The molecule has 2 saturated heterocycles. The molecule has 2 aliphatic rings. The summed E-state index contributed by atoms with van der Waals surface area (Å²) < 4.78 is 37.7. The summed E-state index contributed by atoms with van der Waals surface area (Å²) in [6.07, 6.45) is -0.779. The van der Waals surface area contributed by atoms with E-state index in [1.54, 1.807) is 31.2 Å². The maximum Gasteiger partial charge on any atom is 0.362 e. The van der Waals surface area contributed by atoms with Crippen LogP contribution < -0.4 is 26.4 Å². The van der Waals surface area contributed by atoms with Crippen LogP contribution in [-0.4, -0.2) is 101 Å². The lowest BCUT2D eigenvalue weighted by Crippen LogP contribution is -2.71. The van der Waals surface area contributed by atoms with Crippen LogP contribution in [0.4, 0.5) is 5.13 Å². The van der Waals surface area contributed by atoms with E-state index in [1.807, 2.05) is 0 Å². The number of carboxylic acids is 1. The van der Waals surface area contributed by atoms with Crippen molar-refractivity contribution in [3.63, 3.8) is 0 Å². The fourth-order valence-electron chi connectivity index (χ4n) is 4.36. The first-order chi connectivity index (χ1) is 20.3. The van der Waals surface area contributed by atoms with E-state index in [9.17, 15) is 32.5 Å². The molecule has 0 aliphatic carbocycles. The normalized spacial score (nSPS) is 21.1. The molecule has 0 bridgehead atoms. The van der Waals surface area contributed by atoms with Crippen LogP contribution in [0.25, 0.3) is 0 Å². The number of rotatable bonds is 12. The van der Waals surface area contributed by atoms with Crippen LogP contribution in [-0.2, 0) is 29.5 Å². The topological polar surface area (TPSA) is 259 Å². The highest BCUT2D eigenvalue weighted by Crippen LogP contribution is 2.24. The Morgan fingerprint density at radius 1 is 1.33 bits per heavy atom. The van der Waals surface area contributed by atoms with Gasteiger partial charge in [-0.25, -0.2) is 14.1 Å². The second-order valence-electron chi connectivity index (χ2n) is 9.68. The summed E-state index contributed by atoms with van der Waals surface area (Å²) in [6.45, 7) is 4.00. The van der Waals surface area contributed by atoms with Crippen LogP contribution in [0.3, 0.4) is 0 Å². The zero-order chi connectivity index (χ0) is 31.5. The lowest BCUT2D eigenvalue weighted by Gasteiger charge is -2.42. The van der Waals surface area contributed by atoms with Gasteiger partial charge in [0.1, 0.15) is 29.9 Å². The molecule has 2 aliphatic heterocycles. The molecule has 43 heavy (non-hydrogen) atoms. The number of nitrogen functional groups attached to an aromatic ring is 1. The number of nitrogens with two attached hydrogens (primary N) is 1. The number of β-lactam (4-membered cyclic amide) rings is 1. The van der Waals surface area contributed by atoms with Gasteiger partial charge in [-0.15, -0.1) is 11.3 Å². The fraction of sp³-hybridized carbons (Fsp3) is 0.417. The number of anilines is 1. The number of nitrogens with zero attached hydrogens (tertiary/aromatic N) is 3. The number of aromatic nitrogens is 1. The molecule has 0 radical (unpaired) electrons. The number of hydrogen-bond donors (Lipinski definition) is 7. The Bertz CT molecular complexity index is 1540. The monoisotopic (exact) mass is 638 g/mol. The molecular weight excluding hydrogens is 608 g/mol. The minimum atomic E-state index is -4.83. The number of amidine groups is 1. The van der Waals surface area contributed by atoms with Gasteiger partial charge >= 0.3 is 16.3 Å². The van der Waals surface area contributed by atoms with E-state index in [-0.39, 0.29) is 27.0 Å². The molecule has 2 fully saturated rings. The van der Waals surface area contributed by atoms with Crippen molar-refractivity contribution in [3.8, 4) is 5.75 Å². The smallest absolute Gasteiger partial charge is 0.362 e.